The molecule has 2 aromatic heterocycles. The van der Waals surface area contributed by atoms with Crippen molar-refractivity contribution < 1.29 is 40.3 Å². The lowest BCUT2D eigenvalue weighted by Gasteiger charge is -2.13. The molecule has 0 amide bonds. The first-order valence-corrected chi connectivity index (χ1v) is 8.75. The Morgan fingerprint density at radius 2 is 1.55 bits per heavy atom. The molecule has 2 heterocycles. The molecule has 3 rings (SSSR count). The van der Waals surface area contributed by atoms with Gasteiger partial charge in [0.25, 0.3) is 0 Å². The van der Waals surface area contributed by atoms with Crippen LogP contribution < -0.4 is 9.47 Å². The van der Waals surface area contributed by atoms with E-state index in [2.05, 4.69) is 19.8 Å². The van der Waals surface area contributed by atoms with E-state index in [4.69, 9.17) is 9.47 Å². The van der Waals surface area contributed by atoms with Gasteiger partial charge < -0.3 is 14.0 Å². The predicted octanol–water partition coefficient (Wildman–Crippen LogP) is 4.58. The number of nitrogens with zero attached hydrogens (tertiary/aromatic N) is 4. The summed E-state index contributed by atoms with van der Waals surface area (Å²) < 4.78 is 92.0. The number of aryl methyl sites for hydroxylation is 3. The third-order valence-corrected chi connectivity index (χ3v) is 4.09. The Kier molecular flexibility index (Phi) is 5.87. The molecule has 0 atom stereocenters. The predicted molar refractivity (Wildman–Crippen MR) is 93.4 cm³/mol. The second kappa shape index (κ2) is 8.12. The first kappa shape index (κ1) is 22.4. The van der Waals surface area contributed by atoms with Crippen LogP contribution in [0.4, 0.5) is 26.3 Å². The first-order chi connectivity index (χ1) is 14.4. The van der Waals surface area contributed by atoms with E-state index < -0.39 is 23.9 Å². The number of alkyl halides is 6. The number of ether oxygens (including phenoxy) is 2. The zero-order chi connectivity index (χ0) is 23.0. The number of rotatable bonds is 6. The standard InChI is InChI=1S/C18H16F6N4O3/c1-9-6-11(15-25-16(31-27-15)18(22,23)24)7-10(2)14(9)30-5-4-29-13-8-12(17(19,20)21)26-28(13)3/h6-8H,4-5H2,1-3H3. The normalized spacial score (nSPS) is 12.3. The van der Waals surface area contributed by atoms with Crippen LogP contribution in [0.25, 0.3) is 11.4 Å². The molecule has 0 aliphatic rings. The van der Waals surface area contributed by atoms with E-state index in [-0.39, 0.29) is 24.9 Å². The smallest absolute Gasteiger partial charge is 0.471 e. The molecule has 0 bridgehead atoms. The van der Waals surface area contributed by atoms with Crippen LogP contribution >= 0.6 is 0 Å². The third kappa shape index (κ3) is 5.09. The van der Waals surface area contributed by atoms with Crippen molar-refractivity contribution >= 4 is 0 Å². The minimum absolute atomic E-state index is 0.00793. The van der Waals surface area contributed by atoms with Gasteiger partial charge in [-0.25, -0.2) is 4.68 Å². The molecule has 13 heteroatoms. The summed E-state index contributed by atoms with van der Waals surface area (Å²) in [5.41, 5.74) is 0.428. The van der Waals surface area contributed by atoms with Gasteiger partial charge in [0, 0.05) is 18.7 Å². The van der Waals surface area contributed by atoms with Gasteiger partial charge in [-0.15, -0.1) is 0 Å². The average molecular weight is 450 g/mol. The second-order valence-electron chi connectivity index (χ2n) is 6.55. The van der Waals surface area contributed by atoms with E-state index in [0.717, 1.165) is 10.7 Å². The molecule has 0 spiro atoms. The number of halogens is 6. The number of benzene rings is 1. The molecule has 3 aromatic rings. The van der Waals surface area contributed by atoms with Gasteiger partial charge in [0.05, 0.1) is 0 Å². The maximum atomic E-state index is 12.7. The van der Waals surface area contributed by atoms with Crippen molar-refractivity contribution in [1.82, 2.24) is 19.9 Å². The molecule has 0 fully saturated rings. The van der Waals surface area contributed by atoms with Crippen molar-refractivity contribution in [3.8, 4) is 23.0 Å². The van der Waals surface area contributed by atoms with Crippen LogP contribution in [0.1, 0.15) is 22.7 Å². The molecule has 0 N–H and O–H groups in total. The van der Waals surface area contributed by atoms with E-state index >= 15 is 0 Å². The molecule has 0 aliphatic carbocycles. The summed E-state index contributed by atoms with van der Waals surface area (Å²) in [6.07, 6.45) is -9.32. The van der Waals surface area contributed by atoms with Gasteiger partial charge in [0.15, 0.2) is 5.69 Å². The van der Waals surface area contributed by atoms with Crippen LogP contribution in [-0.2, 0) is 19.4 Å². The molecule has 0 unspecified atom stereocenters. The van der Waals surface area contributed by atoms with Gasteiger partial charge in [0.1, 0.15) is 19.0 Å². The van der Waals surface area contributed by atoms with Crippen LogP contribution in [0.3, 0.4) is 0 Å². The van der Waals surface area contributed by atoms with E-state index in [1.807, 2.05) is 0 Å². The number of hydrogen-bond donors (Lipinski definition) is 0. The van der Waals surface area contributed by atoms with Gasteiger partial charge in [-0.05, 0) is 37.1 Å². The zero-order valence-electron chi connectivity index (χ0n) is 16.4. The Morgan fingerprint density at radius 1 is 0.935 bits per heavy atom. The van der Waals surface area contributed by atoms with Crippen molar-refractivity contribution in [3.05, 3.63) is 40.9 Å². The van der Waals surface area contributed by atoms with Gasteiger partial charge >= 0.3 is 18.2 Å². The minimum atomic E-state index is -4.74. The molecule has 0 saturated heterocycles. The lowest BCUT2D eigenvalue weighted by Crippen LogP contribution is -2.12. The van der Waals surface area contributed by atoms with Crippen LogP contribution in [0.5, 0.6) is 11.6 Å². The molecular formula is C18H16F6N4O3. The fourth-order valence-corrected chi connectivity index (χ4v) is 2.78. The maximum absolute atomic E-state index is 12.7. The Hall–Kier alpha value is -3.25. The third-order valence-electron chi connectivity index (χ3n) is 4.09. The fourth-order valence-electron chi connectivity index (χ4n) is 2.78. The summed E-state index contributed by atoms with van der Waals surface area (Å²) in [5.74, 6) is -1.28. The largest absolute Gasteiger partial charge is 0.489 e. The van der Waals surface area contributed by atoms with E-state index in [1.165, 1.54) is 19.2 Å². The Labute approximate surface area is 171 Å². The summed E-state index contributed by atoms with van der Waals surface area (Å²) >= 11 is 0. The lowest BCUT2D eigenvalue weighted by atomic mass is 10.1. The van der Waals surface area contributed by atoms with E-state index in [1.54, 1.807) is 13.8 Å². The van der Waals surface area contributed by atoms with Crippen LogP contribution in [0.15, 0.2) is 22.7 Å². The highest BCUT2D eigenvalue weighted by Gasteiger charge is 2.38. The SMILES string of the molecule is Cc1cc(-c2noc(C(F)(F)F)n2)cc(C)c1OCCOc1cc(C(F)(F)F)nn1C. The molecule has 0 radical (unpaired) electrons. The molecule has 1 aromatic carbocycles. The van der Waals surface area contributed by atoms with Crippen LogP contribution in [0.2, 0.25) is 0 Å². The average Bonchev–Trinajstić information content (AvgIpc) is 3.27. The highest BCUT2D eigenvalue weighted by atomic mass is 19.4. The second-order valence-corrected chi connectivity index (χ2v) is 6.55. The quantitative estimate of drug-likeness (QED) is 0.404. The molecule has 0 saturated carbocycles. The summed E-state index contributed by atoms with van der Waals surface area (Å²) in [5, 5.41) is 6.68. The summed E-state index contributed by atoms with van der Waals surface area (Å²) in [6, 6.07) is 3.85. The van der Waals surface area contributed by atoms with Gasteiger partial charge in [-0.1, -0.05) is 5.16 Å². The summed E-state index contributed by atoms with van der Waals surface area (Å²) in [4.78, 5) is 3.35. The Morgan fingerprint density at radius 3 is 2.06 bits per heavy atom. The highest BCUT2D eigenvalue weighted by Crippen LogP contribution is 2.33. The Balaban J connectivity index is 1.64. The fraction of sp³-hybridized carbons (Fsp3) is 0.389. The zero-order valence-corrected chi connectivity index (χ0v) is 16.4. The highest BCUT2D eigenvalue weighted by molar-refractivity contribution is 5.61. The first-order valence-electron chi connectivity index (χ1n) is 8.75. The van der Waals surface area contributed by atoms with Crippen molar-refractivity contribution in [3.63, 3.8) is 0 Å². The van der Waals surface area contributed by atoms with E-state index in [0.29, 0.717) is 22.4 Å². The van der Waals surface area contributed by atoms with Crippen LogP contribution in [0, 0.1) is 13.8 Å². The van der Waals surface area contributed by atoms with E-state index in [9.17, 15) is 26.3 Å². The lowest BCUT2D eigenvalue weighted by molar-refractivity contribution is -0.159. The topological polar surface area (TPSA) is 75.2 Å². The van der Waals surface area contributed by atoms with Crippen LogP contribution in [-0.4, -0.2) is 33.1 Å². The van der Waals surface area contributed by atoms with Gasteiger partial charge in [-0.3, -0.25) is 0 Å². The molecule has 0 aliphatic heterocycles. The van der Waals surface area contributed by atoms with Crippen molar-refractivity contribution in [1.29, 1.82) is 0 Å². The minimum Gasteiger partial charge on any atom is -0.489 e. The van der Waals surface area contributed by atoms with Crippen molar-refractivity contribution in [2.45, 2.75) is 26.2 Å². The summed E-state index contributed by atoms with van der Waals surface area (Å²) in [7, 11) is 1.32. The van der Waals surface area contributed by atoms with Gasteiger partial charge in [-0.2, -0.15) is 36.4 Å². The van der Waals surface area contributed by atoms with Crippen molar-refractivity contribution in [2.75, 3.05) is 13.2 Å². The summed E-state index contributed by atoms with van der Waals surface area (Å²) in [6.45, 7) is 3.30. The molecule has 7 nitrogen and oxygen atoms in total. The molecule has 168 valence electrons. The molecule has 31 heavy (non-hydrogen) atoms. The Bertz CT molecular complexity index is 1050. The van der Waals surface area contributed by atoms with Crippen molar-refractivity contribution in [2.24, 2.45) is 7.05 Å². The van der Waals surface area contributed by atoms with Gasteiger partial charge in [0.2, 0.25) is 11.7 Å². The number of hydrogen-bond acceptors (Lipinski definition) is 6. The number of aromatic nitrogens is 4. The maximum Gasteiger partial charge on any atom is 0.471 e. The molecular weight excluding hydrogens is 434 g/mol. The monoisotopic (exact) mass is 450 g/mol.